The highest BCUT2D eigenvalue weighted by atomic mass is 127. The fourth-order valence-electron chi connectivity index (χ4n) is 3.28. The van der Waals surface area contributed by atoms with Crippen molar-refractivity contribution in [2.75, 3.05) is 54.1 Å². The second kappa shape index (κ2) is 13.1. The summed E-state index contributed by atoms with van der Waals surface area (Å²) < 4.78 is 16.9. The predicted molar refractivity (Wildman–Crippen MR) is 129 cm³/mol. The topological polar surface area (TPSA) is 67.4 Å². The second-order valence-electron chi connectivity index (χ2n) is 7.39. The molecular weight excluding hydrogens is 483 g/mol. The molecule has 7 nitrogen and oxygen atoms in total. The number of aliphatic imine (C=N–C) groups is 1. The minimum Gasteiger partial charge on any atom is -0.493 e. The normalized spacial score (nSPS) is 17.2. The van der Waals surface area contributed by atoms with Crippen LogP contribution in [-0.2, 0) is 4.74 Å². The Bertz CT molecular complexity index is 622. The molecule has 1 heterocycles. The lowest BCUT2D eigenvalue weighted by Gasteiger charge is -2.41. The van der Waals surface area contributed by atoms with Crippen LogP contribution in [0, 0.1) is 0 Å². The maximum absolute atomic E-state index is 6.02. The molecule has 1 aromatic carbocycles. The van der Waals surface area contributed by atoms with E-state index in [-0.39, 0.29) is 35.6 Å². The molecule has 1 atom stereocenters. The molecule has 2 rings (SSSR count). The summed E-state index contributed by atoms with van der Waals surface area (Å²) in [5.74, 6) is 2.29. The number of halogens is 1. The number of para-hydroxylation sites is 2. The summed E-state index contributed by atoms with van der Waals surface area (Å²) in [5.41, 5.74) is 0.0557. The van der Waals surface area contributed by atoms with Crippen molar-refractivity contribution in [2.24, 2.45) is 4.99 Å². The maximum atomic E-state index is 6.02. The van der Waals surface area contributed by atoms with E-state index in [0.29, 0.717) is 6.54 Å². The lowest BCUT2D eigenvalue weighted by atomic mass is 9.89. The molecular formula is C21H37IN4O3. The van der Waals surface area contributed by atoms with Crippen molar-refractivity contribution in [1.82, 2.24) is 15.5 Å². The highest BCUT2D eigenvalue weighted by Gasteiger charge is 2.34. The van der Waals surface area contributed by atoms with Gasteiger partial charge in [0, 0.05) is 25.3 Å². The maximum Gasteiger partial charge on any atom is 0.191 e. The third kappa shape index (κ3) is 7.82. The van der Waals surface area contributed by atoms with E-state index in [9.17, 15) is 0 Å². The van der Waals surface area contributed by atoms with Gasteiger partial charge in [-0.15, -0.1) is 24.0 Å². The zero-order valence-corrected chi connectivity index (χ0v) is 20.7. The number of hydrogen-bond acceptors (Lipinski definition) is 5. The SMILES string of the molecule is CCNC(=NCC1(N(C)C)CCOCC1)NCC(C)Oc1ccccc1OC.I. The van der Waals surface area contributed by atoms with Crippen LogP contribution >= 0.6 is 24.0 Å². The Hall–Kier alpha value is -1.26. The molecule has 0 aliphatic carbocycles. The van der Waals surface area contributed by atoms with Crippen molar-refractivity contribution in [2.45, 2.75) is 38.3 Å². The van der Waals surface area contributed by atoms with Crippen molar-refractivity contribution in [3.63, 3.8) is 0 Å². The molecule has 1 saturated heterocycles. The molecule has 1 aliphatic heterocycles. The Balaban J connectivity index is 0.00000420. The van der Waals surface area contributed by atoms with Gasteiger partial charge >= 0.3 is 0 Å². The van der Waals surface area contributed by atoms with Gasteiger partial charge in [-0.1, -0.05) is 12.1 Å². The van der Waals surface area contributed by atoms with Crippen LogP contribution in [0.3, 0.4) is 0 Å². The van der Waals surface area contributed by atoms with Crippen molar-refractivity contribution >= 4 is 29.9 Å². The molecule has 1 aromatic rings. The van der Waals surface area contributed by atoms with Crippen molar-refractivity contribution < 1.29 is 14.2 Å². The molecule has 1 aliphatic rings. The Labute approximate surface area is 192 Å². The first kappa shape index (κ1) is 25.8. The molecule has 29 heavy (non-hydrogen) atoms. The highest BCUT2D eigenvalue weighted by molar-refractivity contribution is 14.0. The quantitative estimate of drug-likeness (QED) is 0.297. The highest BCUT2D eigenvalue weighted by Crippen LogP contribution is 2.27. The minimum atomic E-state index is -0.0361. The molecule has 0 saturated carbocycles. The van der Waals surface area contributed by atoms with Crippen LogP contribution in [0.2, 0.25) is 0 Å². The Kier molecular flexibility index (Phi) is 11.7. The lowest BCUT2D eigenvalue weighted by molar-refractivity contribution is -0.00255. The molecule has 2 N–H and O–H groups in total. The summed E-state index contributed by atoms with van der Waals surface area (Å²) in [6.45, 7) is 7.88. The summed E-state index contributed by atoms with van der Waals surface area (Å²) in [6, 6.07) is 7.69. The van der Waals surface area contributed by atoms with Gasteiger partial charge in [0.25, 0.3) is 0 Å². The lowest BCUT2D eigenvalue weighted by Crippen LogP contribution is -2.52. The van der Waals surface area contributed by atoms with E-state index >= 15 is 0 Å². The zero-order valence-electron chi connectivity index (χ0n) is 18.4. The van der Waals surface area contributed by atoms with Gasteiger partial charge < -0.3 is 29.7 Å². The van der Waals surface area contributed by atoms with E-state index in [1.165, 1.54) is 0 Å². The first-order valence-electron chi connectivity index (χ1n) is 10.1. The molecule has 0 bridgehead atoms. The van der Waals surface area contributed by atoms with E-state index < -0.39 is 0 Å². The molecule has 0 amide bonds. The van der Waals surface area contributed by atoms with E-state index in [1.807, 2.05) is 31.2 Å². The summed E-state index contributed by atoms with van der Waals surface area (Å²) >= 11 is 0. The van der Waals surface area contributed by atoms with Gasteiger partial charge in [0.05, 0.1) is 20.2 Å². The molecule has 0 radical (unpaired) electrons. The fraction of sp³-hybridized carbons (Fsp3) is 0.667. The number of rotatable bonds is 9. The van der Waals surface area contributed by atoms with Crippen molar-refractivity contribution in [3.05, 3.63) is 24.3 Å². The van der Waals surface area contributed by atoms with Gasteiger partial charge in [-0.2, -0.15) is 0 Å². The zero-order chi connectivity index (χ0) is 20.4. The monoisotopic (exact) mass is 520 g/mol. The summed E-state index contributed by atoms with van der Waals surface area (Å²) in [4.78, 5) is 7.15. The summed E-state index contributed by atoms with van der Waals surface area (Å²) in [7, 11) is 5.91. The first-order chi connectivity index (χ1) is 13.5. The minimum absolute atomic E-state index is 0. The second-order valence-corrected chi connectivity index (χ2v) is 7.39. The van der Waals surface area contributed by atoms with Gasteiger partial charge in [0.1, 0.15) is 6.10 Å². The molecule has 0 spiro atoms. The number of benzene rings is 1. The summed E-state index contributed by atoms with van der Waals surface area (Å²) in [5, 5.41) is 6.73. The van der Waals surface area contributed by atoms with Gasteiger partial charge in [-0.05, 0) is 52.9 Å². The molecule has 166 valence electrons. The summed E-state index contributed by atoms with van der Waals surface area (Å²) in [6.07, 6.45) is 1.96. The number of ether oxygens (including phenoxy) is 3. The van der Waals surface area contributed by atoms with Crippen molar-refractivity contribution in [3.8, 4) is 11.5 Å². The van der Waals surface area contributed by atoms with Gasteiger partial charge in [-0.25, -0.2) is 0 Å². The third-order valence-corrected chi connectivity index (χ3v) is 5.20. The largest absolute Gasteiger partial charge is 0.493 e. The average molecular weight is 520 g/mol. The number of nitrogens with one attached hydrogen (secondary N) is 2. The Morgan fingerprint density at radius 2 is 1.86 bits per heavy atom. The van der Waals surface area contributed by atoms with Crippen LogP contribution in [0.15, 0.2) is 29.3 Å². The Morgan fingerprint density at radius 3 is 2.45 bits per heavy atom. The van der Waals surface area contributed by atoms with E-state index in [1.54, 1.807) is 7.11 Å². The predicted octanol–water partition coefficient (Wildman–Crippen LogP) is 2.75. The van der Waals surface area contributed by atoms with Crippen LogP contribution < -0.4 is 20.1 Å². The molecule has 8 heteroatoms. The first-order valence-corrected chi connectivity index (χ1v) is 10.1. The number of guanidine groups is 1. The molecule has 1 unspecified atom stereocenters. The van der Waals surface area contributed by atoms with Crippen LogP contribution in [0.4, 0.5) is 0 Å². The van der Waals surface area contributed by atoms with Crippen LogP contribution in [0.25, 0.3) is 0 Å². The van der Waals surface area contributed by atoms with Crippen LogP contribution in [0.1, 0.15) is 26.7 Å². The van der Waals surface area contributed by atoms with Crippen LogP contribution in [-0.4, -0.2) is 76.6 Å². The van der Waals surface area contributed by atoms with Crippen LogP contribution in [0.5, 0.6) is 11.5 Å². The average Bonchev–Trinajstić information content (AvgIpc) is 2.71. The molecule has 1 fully saturated rings. The molecule has 0 aromatic heterocycles. The third-order valence-electron chi connectivity index (χ3n) is 5.20. The Morgan fingerprint density at radius 1 is 1.21 bits per heavy atom. The van der Waals surface area contributed by atoms with Gasteiger partial charge in [0.15, 0.2) is 17.5 Å². The number of hydrogen-bond donors (Lipinski definition) is 2. The fourth-order valence-corrected chi connectivity index (χ4v) is 3.28. The number of methoxy groups -OCH3 is 1. The van der Waals surface area contributed by atoms with E-state index in [4.69, 9.17) is 19.2 Å². The number of nitrogens with zero attached hydrogens (tertiary/aromatic N) is 2. The van der Waals surface area contributed by atoms with Gasteiger partial charge in [-0.3, -0.25) is 4.99 Å². The van der Waals surface area contributed by atoms with Gasteiger partial charge in [0.2, 0.25) is 0 Å². The van der Waals surface area contributed by atoms with Crippen molar-refractivity contribution in [1.29, 1.82) is 0 Å². The van der Waals surface area contributed by atoms with E-state index in [0.717, 1.165) is 56.6 Å². The van der Waals surface area contributed by atoms with E-state index in [2.05, 4.69) is 36.6 Å². The number of likely N-dealkylation sites (N-methyl/N-ethyl adjacent to an activating group) is 1. The standard InChI is InChI=1S/C21H36N4O3.HI/c1-6-22-20(24-16-21(25(3)4)11-13-27-14-12-21)23-15-17(2)28-19-10-8-7-9-18(19)26-5;/h7-10,17H,6,11-16H2,1-5H3,(H2,22,23,24);1H. The smallest absolute Gasteiger partial charge is 0.191 e.